The van der Waals surface area contributed by atoms with Gasteiger partial charge in [-0.2, -0.15) is 4.98 Å². The molecule has 0 spiro atoms. The predicted molar refractivity (Wildman–Crippen MR) is 74.7 cm³/mol. The smallest absolute Gasteiger partial charge is 0.224 e. The Hall–Kier alpha value is -0.920. The summed E-state index contributed by atoms with van der Waals surface area (Å²) >= 11 is 3.34. The average molecular weight is 319 g/mol. The molecule has 1 heterocycles. The quantitative estimate of drug-likeness (QED) is 0.604. The van der Waals surface area contributed by atoms with Gasteiger partial charge in [-0.1, -0.05) is 6.92 Å². The van der Waals surface area contributed by atoms with E-state index in [0.717, 1.165) is 6.54 Å². The summed E-state index contributed by atoms with van der Waals surface area (Å²) in [5.74, 6) is 1.05. The maximum Gasteiger partial charge on any atom is 0.224 e. The molecule has 0 aliphatic carbocycles. The molecule has 1 aromatic heterocycles. The highest BCUT2D eigenvalue weighted by Gasteiger charge is 2.27. The van der Waals surface area contributed by atoms with Crippen LogP contribution in [0.15, 0.2) is 10.7 Å². The lowest BCUT2D eigenvalue weighted by Gasteiger charge is -2.30. The molecule has 0 amide bonds. The molecule has 0 saturated heterocycles. The Labute approximate surface area is 115 Å². The van der Waals surface area contributed by atoms with Crippen molar-refractivity contribution in [2.45, 2.75) is 25.8 Å². The first kappa shape index (κ1) is 15.1. The summed E-state index contributed by atoms with van der Waals surface area (Å²) in [4.78, 5) is 8.39. The van der Waals surface area contributed by atoms with Gasteiger partial charge < -0.3 is 20.8 Å². The van der Waals surface area contributed by atoms with Crippen LogP contribution in [0.3, 0.4) is 0 Å². The van der Waals surface area contributed by atoms with Gasteiger partial charge in [0.15, 0.2) is 0 Å². The minimum Gasteiger partial charge on any atom is -0.394 e. The van der Waals surface area contributed by atoms with E-state index in [1.807, 2.05) is 13.8 Å². The number of hydrogen-bond acceptors (Lipinski definition) is 6. The molecule has 0 atom stereocenters. The fourth-order valence-electron chi connectivity index (χ4n) is 1.39. The van der Waals surface area contributed by atoms with E-state index < -0.39 is 5.54 Å². The van der Waals surface area contributed by atoms with Crippen molar-refractivity contribution in [1.29, 1.82) is 0 Å². The maximum absolute atomic E-state index is 9.40. The zero-order valence-corrected chi connectivity index (χ0v) is 12.2. The minimum absolute atomic E-state index is 0.174. The number of nitrogens with zero attached hydrogens (tertiary/aromatic N) is 2. The molecule has 102 valence electrons. The average Bonchev–Trinajstić information content (AvgIpc) is 2.40. The first-order valence-corrected chi connectivity index (χ1v) is 6.66. The minimum atomic E-state index is -0.777. The molecule has 1 aromatic rings. The third kappa shape index (κ3) is 3.54. The van der Waals surface area contributed by atoms with Crippen LogP contribution in [0.4, 0.5) is 11.8 Å². The molecule has 0 saturated carbocycles. The number of nitrogens with one attached hydrogen (secondary N) is 2. The summed E-state index contributed by atoms with van der Waals surface area (Å²) in [6.45, 7) is 4.22. The fourth-order valence-corrected chi connectivity index (χ4v) is 1.68. The van der Waals surface area contributed by atoms with Gasteiger partial charge >= 0.3 is 0 Å². The molecule has 0 bridgehead atoms. The summed E-state index contributed by atoms with van der Waals surface area (Å²) in [5, 5.41) is 24.9. The topological polar surface area (TPSA) is 90.3 Å². The zero-order chi connectivity index (χ0) is 13.6. The lowest BCUT2D eigenvalue weighted by molar-refractivity contribution is 0.132. The van der Waals surface area contributed by atoms with Gasteiger partial charge in [-0.05, 0) is 29.3 Å². The fraction of sp³-hybridized carbons (Fsp3) is 0.636. The van der Waals surface area contributed by atoms with Crippen molar-refractivity contribution in [3.63, 3.8) is 0 Å². The van der Waals surface area contributed by atoms with Crippen LogP contribution in [0.1, 0.15) is 20.3 Å². The monoisotopic (exact) mass is 318 g/mol. The number of aromatic nitrogens is 2. The molecule has 0 aliphatic rings. The van der Waals surface area contributed by atoms with E-state index in [2.05, 4.69) is 36.5 Å². The molecule has 0 unspecified atom stereocenters. The van der Waals surface area contributed by atoms with Gasteiger partial charge in [0.2, 0.25) is 5.95 Å². The molecule has 6 nitrogen and oxygen atoms in total. The Morgan fingerprint density at radius 2 is 2.00 bits per heavy atom. The maximum atomic E-state index is 9.40. The van der Waals surface area contributed by atoms with E-state index in [9.17, 15) is 10.2 Å². The molecule has 0 aliphatic heterocycles. The molecular formula is C11H19BrN4O2. The standard InChI is InChI=1S/C11H19BrN4O2/c1-3-11(6-17,7-18)16-9-8(12)5-14-10(15-9)13-4-2/h5,17-18H,3-4,6-7H2,1-2H3,(H2,13,14,15,16). The lowest BCUT2D eigenvalue weighted by Crippen LogP contribution is -2.45. The second-order valence-electron chi connectivity index (χ2n) is 4.00. The molecule has 7 heteroatoms. The summed E-state index contributed by atoms with van der Waals surface area (Å²) in [6, 6.07) is 0. The van der Waals surface area contributed by atoms with Crippen molar-refractivity contribution in [2.75, 3.05) is 30.4 Å². The molecule has 18 heavy (non-hydrogen) atoms. The number of aliphatic hydroxyl groups excluding tert-OH is 2. The predicted octanol–water partition coefficient (Wildman–Crippen LogP) is 1.22. The summed E-state index contributed by atoms with van der Waals surface area (Å²) < 4.78 is 0.684. The van der Waals surface area contributed by atoms with Crippen molar-refractivity contribution in [2.24, 2.45) is 0 Å². The van der Waals surface area contributed by atoms with Gasteiger partial charge in [0.05, 0.1) is 23.2 Å². The van der Waals surface area contributed by atoms with Crippen LogP contribution in [-0.4, -0.2) is 45.5 Å². The summed E-state index contributed by atoms with van der Waals surface area (Å²) in [7, 11) is 0. The first-order valence-electron chi connectivity index (χ1n) is 5.87. The highest BCUT2D eigenvalue weighted by molar-refractivity contribution is 9.10. The van der Waals surface area contributed by atoms with Crippen LogP contribution in [-0.2, 0) is 0 Å². The van der Waals surface area contributed by atoms with Crippen molar-refractivity contribution >= 4 is 27.7 Å². The van der Waals surface area contributed by atoms with Crippen LogP contribution >= 0.6 is 15.9 Å². The van der Waals surface area contributed by atoms with E-state index in [4.69, 9.17) is 0 Å². The number of anilines is 2. The van der Waals surface area contributed by atoms with Gasteiger partial charge in [-0.3, -0.25) is 0 Å². The Morgan fingerprint density at radius 1 is 1.33 bits per heavy atom. The molecule has 0 aromatic carbocycles. The van der Waals surface area contributed by atoms with E-state index in [0.29, 0.717) is 22.7 Å². The second-order valence-corrected chi connectivity index (χ2v) is 4.85. The lowest BCUT2D eigenvalue weighted by atomic mass is 9.98. The molecule has 0 fully saturated rings. The number of rotatable bonds is 7. The van der Waals surface area contributed by atoms with Crippen molar-refractivity contribution < 1.29 is 10.2 Å². The summed E-state index contributed by atoms with van der Waals surface area (Å²) in [6.07, 6.45) is 2.20. The molecule has 4 N–H and O–H groups in total. The van der Waals surface area contributed by atoms with Gasteiger partial charge in [0, 0.05) is 12.7 Å². The molecule has 0 radical (unpaired) electrons. The van der Waals surface area contributed by atoms with Crippen molar-refractivity contribution in [1.82, 2.24) is 9.97 Å². The highest BCUT2D eigenvalue weighted by atomic mass is 79.9. The van der Waals surface area contributed by atoms with Crippen LogP contribution in [0.25, 0.3) is 0 Å². The van der Waals surface area contributed by atoms with E-state index in [1.54, 1.807) is 6.20 Å². The van der Waals surface area contributed by atoms with Crippen molar-refractivity contribution in [3.8, 4) is 0 Å². The normalized spacial score (nSPS) is 11.4. The Balaban J connectivity index is 2.97. The first-order chi connectivity index (χ1) is 8.60. The SMILES string of the molecule is CCNc1ncc(Br)c(NC(CC)(CO)CO)n1. The van der Waals surface area contributed by atoms with Crippen LogP contribution in [0.2, 0.25) is 0 Å². The number of aliphatic hydroxyl groups is 2. The number of halogens is 1. The third-order valence-corrected chi connectivity index (χ3v) is 3.32. The van der Waals surface area contributed by atoms with Crippen LogP contribution in [0.5, 0.6) is 0 Å². The van der Waals surface area contributed by atoms with Crippen molar-refractivity contribution in [3.05, 3.63) is 10.7 Å². The van der Waals surface area contributed by atoms with Gasteiger partial charge in [0.25, 0.3) is 0 Å². The van der Waals surface area contributed by atoms with Gasteiger partial charge in [0.1, 0.15) is 5.82 Å². The molecule has 1 rings (SSSR count). The van der Waals surface area contributed by atoms with Gasteiger partial charge in [-0.25, -0.2) is 4.98 Å². The van der Waals surface area contributed by atoms with Crippen LogP contribution < -0.4 is 10.6 Å². The zero-order valence-electron chi connectivity index (χ0n) is 10.6. The Morgan fingerprint density at radius 3 is 2.50 bits per heavy atom. The van der Waals surface area contributed by atoms with E-state index in [1.165, 1.54) is 0 Å². The Bertz CT molecular complexity index is 377. The summed E-state index contributed by atoms with van der Waals surface area (Å²) in [5.41, 5.74) is -0.777. The highest BCUT2D eigenvalue weighted by Crippen LogP contribution is 2.25. The largest absolute Gasteiger partial charge is 0.394 e. The van der Waals surface area contributed by atoms with Gasteiger partial charge in [-0.15, -0.1) is 0 Å². The second kappa shape index (κ2) is 6.86. The number of hydrogen-bond donors (Lipinski definition) is 4. The third-order valence-electron chi connectivity index (χ3n) is 2.74. The molecular weight excluding hydrogens is 300 g/mol. The van der Waals surface area contributed by atoms with E-state index >= 15 is 0 Å². The Kier molecular flexibility index (Phi) is 5.77. The van der Waals surface area contributed by atoms with Crippen LogP contribution in [0, 0.1) is 0 Å². The van der Waals surface area contributed by atoms with E-state index in [-0.39, 0.29) is 13.2 Å².